The summed E-state index contributed by atoms with van der Waals surface area (Å²) in [5, 5.41) is 2.41. The first kappa shape index (κ1) is 19.0. The molecule has 0 aliphatic heterocycles. The number of halogens is 1. The van der Waals surface area contributed by atoms with Crippen molar-refractivity contribution in [1.29, 1.82) is 0 Å². The average Bonchev–Trinajstić information content (AvgIpc) is 3.15. The summed E-state index contributed by atoms with van der Waals surface area (Å²) in [4.78, 5) is 5.50. The second-order valence-electron chi connectivity index (χ2n) is 5.94. The molecule has 0 radical (unpaired) electrons. The van der Waals surface area contributed by atoms with Crippen molar-refractivity contribution in [3.63, 3.8) is 0 Å². The van der Waals surface area contributed by atoms with Crippen molar-refractivity contribution >= 4 is 33.0 Å². The van der Waals surface area contributed by atoms with Gasteiger partial charge in [0.2, 0.25) is 10.0 Å². The fraction of sp³-hybridized carbons (Fsp3) is 0.211. The minimum atomic E-state index is -3.68. The fourth-order valence-corrected chi connectivity index (χ4v) is 5.27. The van der Waals surface area contributed by atoms with Crippen LogP contribution in [0.25, 0.3) is 0 Å². The molecular weight excluding hydrogens is 388 g/mol. The normalized spacial score (nSPS) is 11.8. The van der Waals surface area contributed by atoms with Crippen LogP contribution in [0.2, 0.25) is 5.02 Å². The topological polar surface area (TPSA) is 50.3 Å². The number of hydrogen-bond donors (Lipinski definition) is 0. The molecule has 4 nitrogen and oxygen atoms in total. The van der Waals surface area contributed by atoms with Crippen molar-refractivity contribution in [2.75, 3.05) is 6.54 Å². The maximum atomic E-state index is 13.3. The number of pyridine rings is 1. The summed E-state index contributed by atoms with van der Waals surface area (Å²) >= 11 is 7.68. The molecule has 3 aromatic rings. The third kappa shape index (κ3) is 4.51. The number of nitrogens with zero attached hydrogens (tertiary/aromatic N) is 2. The molecule has 3 rings (SSSR count). The van der Waals surface area contributed by atoms with E-state index in [2.05, 4.69) is 4.98 Å². The molecule has 7 heteroatoms. The molecule has 0 spiro atoms. The molecule has 0 amide bonds. The fourth-order valence-electron chi connectivity index (χ4n) is 2.66. The first-order valence-electron chi connectivity index (χ1n) is 8.14. The van der Waals surface area contributed by atoms with Gasteiger partial charge in [0, 0.05) is 35.4 Å². The molecule has 0 saturated heterocycles. The van der Waals surface area contributed by atoms with Gasteiger partial charge in [-0.1, -0.05) is 29.8 Å². The van der Waals surface area contributed by atoms with Crippen LogP contribution in [0.3, 0.4) is 0 Å². The molecule has 0 fully saturated rings. The number of sulfonamides is 1. The van der Waals surface area contributed by atoms with Crippen molar-refractivity contribution in [2.24, 2.45) is 0 Å². The predicted molar refractivity (Wildman–Crippen MR) is 106 cm³/mol. The van der Waals surface area contributed by atoms with Crippen molar-refractivity contribution in [1.82, 2.24) is 9.29 Å². The monoisotopic (exact) mass is 406 g/mol. The van der Waals surface area contributed by atoms with E-state index >= 15 is 0 Å². The third-order valence-electron chi connectivity index (χ3n) is 4.04. The van der Waals surface area contributed by atoms with Crippen molar-refractivity contribution < 1.29 is 8.42 Å². The Bertz CT molecular complexity index is 958. The highest BCUT2D eigenvalue weighted by molar-refractivity contribution is 7.89. The lowest BCUT2D eigenvalue weighted by Gasteiger charge is -2.23. The minimum Gasteiger partial charge on any atom is -0.264 e. The summed E-state index contributed by atoms with van der Waals surface area (Å²) in [5.74, 6) is 0. The van der Waals surface area contributed by atoms with Gasteiger partial charge in [-0.05, 0) is 54.1 Å². The van der Waals surface area contributed by atoms with Gasteiger partial charge in [0.1, 0.15) is 0 Å². The Morgan fingerprint density at radius 1 is 1.19 bits per heavy atom. The highest BCUT2D eigenvalue weighted by Gasteiger charge is 2.26. The average molecular weight is 407 g/mol. The number of aryl methyl sites for hydroxylation is 1. The maximum absolute atomic E-state index is 13.3. The zero-order chi connectivity index (χ0) is 18.6. The van der Waals surface area contributed by atoms with Crippen molar-refractivity contribution in [2.45, 2.75) is 24.8 Å². The highest BCUT2D eigenvalue weighted by atomic mass is 35.5. The van der Waals surface area contributed by atoms with E-state index < -0.39 is 10.0 Å². The van der Waals surface area contributed by atoms with Gasteiger partial charge in [0.05, 0.1) is 4.90 Å². The molecule has 0 aliphatic carbocycles. The molecule has 1 aromatic carbocycles. The van der Waals surface area contributed by atoms with Crippen LogP contribution < -0.4 is 0 Å². The second-order valence-corrected chi connectivity index (χ2v) is 9.31. The van der Waals surface area contributed by atoms with Gasteiger partial charge in [-0.15, -0.1) is 11.3 Å². The van der Waals surface area contributed by atoms with Crippen LogP contribution in [0, 0.1) is 6.92 Å². The van der Waals surface area contributed by atoms with Gasteiger partial charge in [-0.3, -0.25) is 4.98 Å². The highest BCUT2D eigenvalue weighted by Crippen LogP contribution is 2.25. The lowest BCUT2D eigenvalue weighted by molar-refractivity contribution is 0.409. The molecule has 0 saturated carbocycles. The standard InChI is InChI=1S/C19H19ClN2O2S2/c1-15-6-7-17(20)12-19(15)26(23,24)22(10-8-18-5-3-11-25-18)14-16-4-2-9-21-13-16/h2-7,9,11-13H,8,10,14H2,1H3. The number of benzene rings is 1. The quantitative estimate of drug-likeness (QED) is 0.578. The number of rotatable bonds is 7. The van der Waals surface area contributed by atoms with Crippen LogP contribution in [-0.4, -0.2) is 24.3 Å². The summed E-state index contributed by atoms with van der Waals surface area (Å²) in [5.41, 5.74) is 1.53. The van der Waals surface area contributed by atoms with E-state index in [9.17, 15) is 8.42 Å². The van der Waals surface area contributed by atoms with Gasteiger partial charge < -0.3 is 0 Å². The molecule has 26 heavy (non-hydrogen) atoms. The lowest BCUT2D eigenvalue weighted by atomic mass is 10.2. The van der Waals surface area contributed by atoms with Crippen LogP contribution in [0.5, 0.6) is 0 Å². The molecule has 136 valence electrons. The second kappa shape index (κ2) is 8.31. The smallest absolute Gasteiger partial charge is 0.243 e. The summed E-state index contributed by atoms with van der Waals surface area (Å²) in [7, 11) is -3.68. The Morgan fingerprint density at radius 2 is 2.04 bits per heavy atom. The molecular formula is C19H19ClN2O2S2. The minimum absolute atomic E-state index is 0.250. The molecule has 0 atom stereocenters. The lowest BCUT2D eigenvalue weighted by Crippen LogP contribution is -2.33. The van der Waals surface area contributed by atoms with Gasteiger partial charge in [0.25, 0.3) is 0 Å². The zero-order valence-corrected chi connectivity index (χ0v) is 16.7. The SMILES string of the molecule is Cc1ccc(Cl)cc1S(=O)(=O)N(CCc1cccs1)Cc1cccnc1. The van der Waals surface area contributed by atoms with Gasteiger partial charge in [0.15, 0.2) is 0 Å². The van der Waals surface area contributed by atoms with E-state index in [1.54, 1.807) is 42.8 Å². The van der Waals surface area contributed by atoms with Gasteiger partial charge in [-0.2, -0.15) is 4.31 Å². The maximum Gasteiger partial charge on any atom is 0.243 e. The van der Waals surface area contributed by atoms with Crippen molar-refractivity contribution in [3.8, 4) is 0 Å². The zero-order valence-electron chi connectivity index (χ0n) is 14.3. The van der Waals surface area contributed by atoms with E-state index in [-0.39, 0.29) is 11.4 Å². The van der Waals surface area contributed by atoms with Gasteiger partial charge in [-0.25, -0.2) is 8.42 Å². The molecule has 0 N–H and O–H groups in total. The molecule has 2 aromatic heterocycles. The summed E-state index contributed by atoms with van der Waals surface area (Å²) in [6.07, 6.45) is 4.03. The van der Waals surface area contributed by atoms with E-state index in [4.69, 9.17) is 11.6 Å². The molecule has 2 heterocycles. The Kier molecular flexibility index (Phi) is 6.09. The Balaban J connectivity index is 1.93. The molecule has 0 bridgehead atoms. The van der Waals surface area contributed by atoms with Crippen LogP contribution in [0.1, 0.15) is 16.0 Å². The first-order chi connectivity index (χ1) is 12.5. The summed E-state index contributed by atoms with van der Waals surface area (Å²) in [6.45, 7) is 2.45. The van der Waals surface area contributed by atoms with Crippen LogP contribution >= 0.6 is 22.9 Å². The first-order valence-corrected chi connectivity index (χ1v) is 10.8. The molecule has 0 unspecified atom stereocenters. The van der Waals surface area contributed by atoms with Crippen molar-refractivity contribution in [3.05, 3.63) is 81.3 Å². The Labute approximate surface area is 163 Å². The van der Waals surface area contributed by atoms with E-state index in [0.717, 1.165) is 10.4 Å². The van der Waals surface area contributed by atoms with Crippen LogP contribution in [0.15, 0.2) is 65.1 Å². The summed E-state index contributed by atoms with van der Waals surface area (Å²) < 4.78 is 28.1. The van der Waals surface area contributed by atoms with Crippen LogP contribution in [0.4, 0.5) is 0 Å². The van der Waals surface area contributed by atoms with E-state index in [0.29, 0.717) is 23.6 Å². The van der Waals surface area contributed by atoms with Crippen LogP contribution in [-0.2, 0) is 23.0 Å². The third-order valence-corrected chi connectivity index (χ3v) is 7.20. The van der Waals surface area contributed by atoms with E-state index in [1.807, 2.05) is 29.6 Å². The number of hydrogen-bond acceptors (Lipinski definition) is 4. The molecule has 0 aliphatic rings. The number of thiophene rings is 1. The van der Waals surface area contributed by atoms with Gasteiger partial charge >= 0.3 is 0 Å². The Morgan fingerprint density at radius 3 is 2.73 bits per heavy atom. The Hall–Kier alpha value is -1.73. The summed E-state index contributed by atoms with van der Waals surface area (Å²) in [6, 6.07) is 12.6. The number of aromatic nitrogens is 1. The largest absolute Gasteiger partial charge is 0.264 e. The van der Waals surface area contributed by atoms with E-state index in [1.165, 1.54) is 10.4 Å². The predicted octanol–water partition coefficient (Wildman–Crippen LogP) is 4.54.